The van der Waals surface area contributed by atoms with Crippen LogP contribution in [0.4, 0.5) is 0 Å². The third-order valence-electron chi connectivity index (χ3n) is 4.92. The van der Waals surface area contributed by atoms with Gasteiger partial charge in [0, 0.05) is 35.3 Å². The second-order valence-electron chi connectivity index (χ2n) is 6.87. The van der Waals surface area contributed by atoms with E-state index in [1.807, 2.05) is 72.9 Å². The Morgan fingerprint density at radius 3 is 2.07 bits per heavy atom. The first-order valence-corrected chi connectivity index (χ1v) is 9.68. The van der Waals surface area contributed by atoms with Crippen LogP contribution in [-0.4, -0.2) is 17.4 Å². The van der Waals surface area contributed by atoms with E-state index in [0.717, 1.165) is 39.0 Å². The number of aromatic nitrogens is 1. The van der Waals surface area contributed by atoms with Crippen LogP contribution in [0, 0.1) is 5.41 Å². The van der Waals surface area contributed by atoms with E-state index in [2.05, 4.69) is 41.0 Å². The first kappa shape index (κ1) is 19.2. The molecule has 4 rings (SSSR count). The SMILES string of the molecule is C=N/C=C(\C(=N)c1cccc(-c2ccccc2)c1)c1cccc(-c2cccnc2)c1. The lowest BCUT2D eigenvalue weighted by molar-refractivity contribution is 1.33. The minimum atomic E-state index is 0.406. The summed E-state index contributed by atoms with van der Waals surface area (Å²) in [6.45, 7) is 3.61. The van der Waals surface area contributed by atoms with E-state index in [1.165, 1.54) is 0 Å². The molecule has 0 atom stereocenters. The summed E-state index contributed by atoms with van der Waals surface area (Å²) in [4.78, 5) is 8.18. The first-order chi connectivity index (χ1) is 14.8. The Hall–Kier alpha value is -4.11. The lowest BCUT2D eigenvalue weighted by Gasteiger charge is -2.12. The van der Waals surface area contributed by atoms with Crippen LogP contribution in [-0.2, 0) is 0 Å². The predicted octanol–water partition coefficient (Wildman–Crippen LogP) is 6.53. The molecular weight excluding hydrogens is 366 g/mol. The Morgan fingerprint density at radius 1 is 0.733 bits per heavy atom. The summed E-state index contributed by atoms with van der Waals surface area (Å²) >= 11 is 0. The zero-order valence-electron chi connectivity index (χ0n) is 16.5. The first-order valence-electron chi connectivity index (χ1n) is 9.68. The molecule has 0 saturated heterocycles. The number of aliphatic imine (C=N–C) groups is 1. The summed E-state index contributed by atoms with van der Waals surface area (Å²) in [5.74, 6) is 0. The summed E-state index contributed by atoms with van der Waals surface area (Å²) in [6.07, 6.45) is 5.25. The van der Waals surface area contributed by atoms with E-state index < -0.39 is 0 Å². The second-order valence-corrected chi connectivity index (χ2v) is 6.87. The molecule has 1 heterocycles. The third kappa shape index (κ3) is 4.15. The van der Waals surface area contributed by atoms with Crippen LogP contribution in [0.5, 0.6) is 0 Å². The van der Waals surface area contributed by atoms with E-state index in [1.54, 1.807) is 12.4 Å². The molecule has 3 heteroatoms. The Morgan fingerprint density at radius 2 is 1.37 bits per heavy atom. The van der Waals surface area contributed by atoms with Crippen LogP contribution >= 0.6 is 0 Å². The highest BCUT2D eigenvalue weighted by molar-refractivity contribution is 6.30. The third-order valence-corrected chi connectivity index (χ3v) is 4.92. The Kier molecular flexibility index (Phi) is 5.72. The number of benzene rings is 3. The summed E-state index contributed by atoms with van der Waals surface area (Å²) in [6, 6.07) is 30.2. The molecule has 1 aromatic heterocycles. The number of hydrogen-bond acceptors (Lipinski definition) is 3. The maximum atomic E-state index is 8.89. The van der Waals surface area contributed by atoms with Gasteiger partial charge in [-0.2, -0.15) is 0 Å². The smallest absolute Gasteiger partial charge is 0.0706 e. The molecule has 0 bridgehead atoms. The van der Waals surface area contributed by atoms with Crippen molar-refractivity contribution in [3.8, 4) is 22.3 Å². The lowest BCUT2D eigenvalue weighted by Crippen LogP contribution is -2.03. The summed E-state index contributed by atoms with van der Waals surface area (Å²) in [5.41, 5.74) is 7.15. The molecule has 30 heavy (non-hydrogen) atoms. The molecule has 0 aliphatic carbocycles. The summed E-state index contributed by atoms with van der Waals surface area (Å²) < 4.78 is 0. The van der Waals surface area contributed by atoms with Crippen molar-refractivity contribution < 1.29 is 0 Å². The van der Waals surface area contributed by atoms with Gasteiger partial charge in [-0.15, -0.1) is 0 Å². The van der Waals surface area contributed by atoms with E-state index in [0.29, 0.717) is 5.71 Å². The van der Waals surface area contributed by atoms with Gasteiger partial charge in [0.25, 0.3) is 0 Å². The fourth-order valence-electron chi connectivity index (χ4n) is 3.41. The van der Waals surface area contributed by atoms with Crippen LogP contribution in [0.3, 0.4) is 0 Å². The van der Waals surface area contributed by atoms with Gasteiger partial charge >= 0.3 is 0 Å². The van der Waals surface area contributed by atoms with Gasteiger partial charge in [0.1, 0.15) is 0 Å². The quantitative estimate of drug-likeness (QED) is 0.376. The fraction of sp³-hybridized carbons (Fsp3) is 0. The predicted molar refractivity (Wildman–Crippen MR) is 126 cm³/mol. The molecular formula is C27H21N3. The van der Waals surface area contributed by atoms with E-state index >= 15 is 0 Å². The molecule has 3 aromatic carbocycles. The summed E-state index contributed by atoms with van der Waals surface area (Å²) in [7, 11) is 0. The molecule has 0 saturated carbocycles. The standard InChI is InChI=1S/C27H21N3/c1-29-19-26(23-12-5-11-22(16-23)25-14-7-15-30-18-25)27(28)24-13-6-10-21(17-24)20-8-3-2-4-9-20/h2-19,28H,1H2/b26-19-,28-27?. The van der Waals surface area contributed by atoms with Gasteiger partial charge in [0.05, 0.1) is 5.71 Å². The second kappa shape index (κ2) is 8.93. The number of nitrogens with zero attached hydrogens (tertiary/aromatic N) is 2. The molecule has 0 aliphatic rings. The molecule has 0 radical (unpaired) electrons. The van der Waals surface area contributed by atoms with E-state index in [9.17, 15) is 0 Å². The van der Waals surface area contributed by atoms with Crippen molar-refractivity contribution in [1.82, 2.24) is 4.98 Å². The van der Waals surface area contributed by atoms with Gasteiger partial charge in [-0.1, -0.05) is 72.8 Å². The molecule has 4 aromatic rings. The van der Waals surface area contributed by atoms with Crippen LogP contribution in [0.2, 0.25) is 0 Å². The van der Waals surface area contributed by atoms with E-state index in [4.69, 9.17) is 5.41 Å². The number of rotatable bonds is 6. The van der Waals surface area contributed by atoms with Crippen molar-refractivity contribution in [3.05, 3.63) is 121 Å². The molecule has 0 unspecified atom stereocenters. The van der Waals surface area contributed by atoms with Gasteiger partial charge in [0.2, 0.25) is 0 Å². The number of allylic oxidation sites excluding steroid dienone is 1. The maximum Gasteiger partial charge on any atom is 0.0706 e. The average molecular weight is 387 g/mol. The molecule has 0 spiro atoms. The van der Waals surface area contributed by atoms with Gasteiger partial charge < -0.3 is 0 Å². The molecule has 1 N–H and O–H groups in total. The number of pyridine rings is 1. The van der Waals surface area contributed by atoms with Crippen LogP contribution < -0.4 is 0 Å². The van der Waals surface area contributed by atoms with Crippen LogP contribution in [0.15, 0.2) is 115 Å². The highest BCUT2D eigenvalue weighted by Gasteiger charge is 2.13. The van der Waals surface area contributed by atoms with Crippen molar-refractivity contribution in [2.24, 2.45) is 4.99 Å². The minimum absolute atomic E-state index is 0.406. The van der Waals surface area contributed by atoms with Crippen LogP contribution in [0.1, 0.15) is 11.1 Å². The van der Waals surface area contributed by atoms with Crippen molar-refractivity contribution >= 4 is 18.0 Å². The van der Waals surface area contributed by atoms with Crippen molar-refractivity contribution in [2.45, 2.75) is 0 Å². The normalized spacial score (nSPS) is 11.1. The zero-order valence-corrected chi connectivity index (χ0v) is 16.5. The highest BCUT2D eigenvalue weighted by atomic mass is 14.6. The van der Waals surface area contributed by atoms with Gasteiger partial charge in [-0.05, 0) is 47.2 Å². The zero-order chi connectivity index (χ0) is 20.8. The van der Waals surface area contributed by atoms with Crippen molar-refractivity contribution in [1.29, 1.82) is 5.41 Å². The Labute approximate surface area is 176 Å². The Bertz CT molecular complexity index is 1210. The van der Waals surface area contributed by atoms with Crippen LogP contribution in [0.25, 0.3) is 27.8 Å². The molecule has 0 fully saturated rings. The molecule has 0 aliphatic heterocycles. The Balaban J connectivity index is 1.72. The topological polar surface area (TPSA) is 49.1 Å². The lowest BCUT2D eigenvalue weighted by atomic mass is 9.93. The van der Waals surface area contributed by atoms with Gasteiger partial charge in [-0.25, -0.2) is 0 Å². The van der Waals surface area contributed by atoms with Gasteiger partial charge in [0.15, 0.2) is 0 Å². The summed E-state index contributed by atoms with van der Waals surface area (Å²) in [5, 5.41) is 8.89. The maximum absolute atomic E-state index is 8.89. The average Bonchev–Trinajstić information content (AvgIpc) is 2.83. The molecule has 3 nitrogen and oxygen atoms in total. The van der Waals surface area contributed by atoms with Crippen molar-refractivity contribution in [3.63, 3.8) is 0 Å². The van der Waals surface area contributed by atoms with E-state index in [-0.39, 0.29) is 0 Å². The highest BCUT2D eigenvalue weighted by Crippen LogP contribution is 2.27. The molecule has 0 amide bonds. The van der Waals surface area contributed by atoms with Gasteiger partial charge in [-0.3, -0.25) is 15.4 Å². The molecule has 144 valence electrons. The number of nitrogens with one attached hydrogen (secondary N) is 1. The van der Waals surface area contributed by atoms with Crippen molar-refractivity contribution in [2.75, 3.05) is 0 Å². The largest absolute Gasteiger partial charge is 0.300 e. The monoisotopic (exact) mass is 387 g/mol. The fourth-order valence-corrected chi connectivity index (χ4v) is 3.41. The number of hydrogen-bond donors (Lipinski definition) is 1. The minimum Gasteiger partial charge on any atom is -0.300 e.